The minimum Gasteiger partial charge on any atom is -0.379 e. The number of rotatable bonds is 5. The smallest absolute Gasteiger partial charge is 0.252 e. The van der Waals surface area contributed by atoms with Crippen LogP contribution in [0.4, 0.5) is 5.69 Å². The van der Waals surface area contributed by atoms with Crippen LogP contribution >= 0.6 is 0 Å². The number of fused-ring (bicyclic) bond motifs is 1. The second-order valence-electron chi connectivity index (χ2n) is 7.17. The van der Waals surface area contributed by atoms with Crippen molar-refractivity contribution in [2.24, 2.45) is 18.7 Å². The van der Waals surface area contributed by atoms with Crippen LogP contribution in [0.25, 0.3) is 16.6 Å². The van der Waals surface area contributed by atoms with Crippen molar-refractivity contribution in [1.82, 2.24) is 24.7 Å². The van der Waals surface area contributed by atoms with Crippen LogP contribution in [0.5, 0.6) is 0 Å². The van der Waals surface area contributed by atoms with E-state index in [0.29, 0.717) is 11.5 Å². The van der Waals surface area contributed by atoms with E-state index in [1.807, 2.05) is 31.7 Å². The molecule has 4 N–H and O–H groups in total. The fraction of sp³-hybridized carbons (Fsp3) is 0.421. The molecule has 142 valence electrons. The van der Waals surface area contributed by atoms with Crippen molar-refractivity contribution < 1.29 is 4.79 Å². The van der Waals surface area contributed by atoms with Gasteiger partial charge in [0.25, 0.3) is 5.91 Å². The van der Waals surface area contributed by atoms with Gasteiger partial charge in [0.05, 0.1) is 29.2 Å². The zero-order valence-corrected chi connectivity index (χ0v) is 15.6. The fourth-order valence-electron chi connectivity index (χ4n) is 3.85. The molecule has 1 amide bonds. The first-order valence-corrected chi connectivity index (χ1v) is 9.34. The molecule has 1 saturated heterocycles. The number of hydrogen-bond acceptors (Lipinski definition) is 5. The minimum absolute atomic E-state index is 0.289. The molecular weight excluding hydrogens is 342 g/mol. The number of carbonyl (C=O) groups is 1. The highest BCUT2D eigenvalue weighted by molar-refractivity contribution is 6.02. The molecule has 0 aliphatic carbocycles. The summed E-state index contributed by atoms with van der Waals surface area (Å²) in [7, 11) is 1.89. The van der Waals surface area contributed by atoms with Gasteiger partial charge in [-0.3, -0.25) is 9.48 Å². The lowest BCUT2D eigenvalue weighted by Crippen LogP contribution is -2.44. The maximum Gasteiger partial charge on any atom is 0.252 e. The summed E-state index contributed by atoms with van der Waals surface area (Å²) in [4.78, 5) is 12.0. The highest BCUT2D eigenvalue weighted by atomic mass is 16.1. The van der Waals surface area contributed by atoms with Crippen LogP contribution in [0.3, 0.4) is 0 Å². The molecule has 8 heteroatoms. The number of aromatic nitrogens is 4. The van der Waals surface area contributed by atoms with Crippen LogP contribution < -0.4 is 16.4 Å². The van der Waals surface area contributed by atoms with Crippen molar-refractivity contribution in [3.8, 4) is 11.1 Å². The van der Waals surface area contributed by atoms with E-state index in [1.54, 1.807) is 15.4 Å². The quantitative estimate of drug-likeness (QED) is 0.636. The number of piperidine rings is 1. The first-order chi connectivity index (χ1) is 13.1. The molecule has 0 radical (unpaired) electrons. The molecule has 27 heavy (non-hydrogen) atoms. The summed E-state index contributed by atoms with van der Waals surface area (Å²) in [6.07, 6.45) is 9.34. The Morgan fingerprint density at radius 2 is 2.19 bits per heavy atom. The standard InChI is InChI=1S/C19H25N7O/c1-3-12-7-21-5-4-16(12)24-18-15(19(20)27)9-23-26-11-13(6-17(18)26)14-8-22-25(2)10-14/h6,8-12,16,21,24H,3-5,7H2,1-2H3,(H2,20,27)/t12-,16-/m1/s1. The minimum atomic E-state index is -0.474. The van der Waals surface area contributed by atoms with Crippen LogP contribution in [0, 0.1) is 5.92 Å². The highest BCUT2D eigenvalue weighted by Gasteiger charge is 2.26. The summed E-state index contributed by atoms with van der Waals surface area (Å²) in [5.74, 6) is 0.0269. The summed E-state index contributed by atoms with van der Waals surface area (Å²) in [5, 5.41) is 15.7. The van der Waals surface area contributed by atoms with E-state index >= 15 is 0 Å². The van der Waals surface area contributed by atoms with Gasteiger partial charge < -0.3 is 16.4 Å². The van der Waals surface area contributed by atoms with Crippen molar-refractivity contribution in [2.75, 3.05) is 18.4 Å². The van der Waals surface area contributed by atoms with Crippen molar-refractivity contribution >= 4 is 17.1 Å². The van der Waals surface area contributed by atoms with Crippen molar-refractivity contribution in [1.29, 1.82) is 0 Å². The monoisotopic (exact) mass is 367 g/mol. The molecule has 0 bridgehead atoms. The number of nitrogens with two attached hydrogens (primary N) is 1. The zero-order chi connectivity index (χ0) is 19.0. The second-order valence-corrected chi connectivity index (χ2v) is 7.17. The lowest BCUT2D eigenvalue weighted by atomic mass is 9.90. The molecule has 0 spiro atoms. The van der Waals surface area contributed by atoms with Crippen molar-refractivity contribution in [3.05, 3.63) is 36.4 Å². The average molecular weight is 367 g/mol. The third-order valence-corrected chi connectivity index (χ3v) is 5.40. The summed E-state index contributed by atoms with van der Waals surface area (Å²) in [5.41, 5.74) is 9.68. The molecule has 0 unspecified atom stereocenters. The van der Waals surface area contributed by atoms with E-state index in [4.69, 9.17) is 5.73 Å². The number of anilines is 1. The molecule has 1 aliphatic rings. The van der Waals surface area contributed by atoms with E-state index < -0.39 is 5.91 Å². The number of aryl methyl sites for hydroxylation is 1. The Balaban J connectivity index is 1.79. The molecule has 2 atom stereocenters. The zero-order valence-electron chi connectivity index (χ0n) is 15.6. The van der Waals surface area contributed by atoms with Crippen LogP contribution in [-0.4, -0.2) is 44.4 Å². The van der Waals surface area contributed by atoms with Crippen LogP contribution in [0.2, 0.25) is 0 Å². The van der Waals surface area contributed by atoms with Gasteiger partial charge in [0, 0.05) is 36.6 Å². The first kappa shape index (κ1) is 17.5. The van der Waals surface area contributed by atoms with Gasteiger partial charge in [-0.15, -0.1) is 0 Å². The number of primary amides is 1. The molecule has 8 nitrogen and oxygen atoms in total. The predicted molar refractivity (Wildman–Crippen MR) is 105 cm³/mol. The van der Waals surface area contributed by atoms with E-state index in [-0.39, 0.29) is 6.04 Å². The van der Waals surface area contributed by atoms with Crippen molar-refractivity contribution in [3.63, 3.8) is 0 Å². The number of nitrogens with zero attached hydrogens (tertiary/aromatic N) is 4. The summed E-state index contributed by atoms with van der Waals surface area (Å²) >= 11 is 0. The lowest BCUT2D eigenvalue weighted by Gasteiger charge is -2.33. The third-order valence-electron chi connectivity index (χ3n) is 5.40. The number of hydrogen-bond donors (Lipinski definition) is 3. The second kappa shape index (κ2) is 7.03. The topological polar surface area (TPSA) is 102 Å². The molecule has 1 fully saturated rings. The molecule has 4 rings (SSSR count). The lowest BCUT2D eigenvalue weighted by molar-refractivity contribution is 0.100. The number of carbonyl (C=O) groups excluding carboxylic acids is 1. The van der Waals surface area contributed by atoms with Gasteiger partial charge in [-0.05, 0) is 31.5 Å². The summed E-state index contributed by atoms with van der Waals surface area (Å²) < 4.78 is 3.55. The first-order valence-electron chi connectivity index (χ1n) is 9.34. The Kier molecular flexibility index (Phi) is 4.57. The SMILES string of the molecule is CC[C@@H]1CNCC[C@H]1Nc1c(C(N)=O)cnn2cc(-c3cnn(C)c3)cc12. The molecule has 1 aliphatic heterocycles. The maximum atomic E-state index is 12.0. The van der Waals surface area contributed by atoms with Crippen LogP contribution in [-0.2, 0) is 7.05 Å². The maximum absolute atomic E-state index is 12.0. The van der Waals surface area contributed by atoms with Crippen LogP contribution in [0.1, 0.15) is 30.1 Å². The fourth-order valence-corrected chi connectivity index (χ4v) is 3.85. The van der Waals surface area contributed by atoms with Gasteiger partial charge >= 0.3 is 0 Å². The third kappa shape index (κ3) is 3.28. The van der Waals surface area contributed by atoms with E-state index in [1.165, 1.54) is 0 Å². The van der Waals surface area contributed by atoms with Crippen LogP contribution in [0.15, 0.2) is 30.9 Å². The van der Waals surface area contributed by atoms with Gasteiger partial charge in [-0.25, -0.2) is 4.52 Å². The molecule has 4 heterocycles. The Bertz CT molecular complexity index is 974. The van der Waals surface area contributed by atoms with Gasteiger partial charge in [0.15, 0.2) is 0 Å². The van der Waals surface area contributed by atoms with E-state index in [0.717, 1.165) is 48.3 Å². The Morgan fingerprint density at radius 1 is 1.33 bits per heavy atom. The van der Waals surface area contributed by atoms with Gasteiger partial charge in [0.1, 0.15) is 0 Å². The number of nitrogens with one attached hydrogen (secondary N) is 2. The van der Waals surface area contributed by atoms with E-state index in [9.17, 15) is 4.79 Å². The molecule has 3 aromatic heterocycles. The Morgan fingerprint density at radius 3 is 2.89 bits per heavy atom. The average Bonchev–Trinajstić information content (AvgIpc) is 3.28. The Labute approximate surface area is 157 Å². The largest absolute Gasteiger partial charge is 0.379 e. The summed E-state index contributed by atoms with van der Waals surface area (Å²) in [6, 6.07) is 2.32. The molecule has 0 aromatic carbocycles. The molecular formula is C19H25N7O. The highest BCUT2D eigenvalue weighted by Crippen LogP contribution is 2.30. The summed E-state index contributed by atoms with van der Waals surface area (Å²) in [6.45, 7) is 4.13. The number of amides is 1. The van der Waals surface area contributed by atoms with Gasteiger partial charge in [0.2, 0.25) is 0 Å². The molecule has 3 aromatic rings. The molecule has 0 saturated carbocycles. The van der Waals surface area contributed by atoms with Crippen molar-refractivity contribution in [2.45, 2.75) is 25.8 Å². The predicted octanol–water partition coefficient (Wildman–Crippen LogP) is 1.63. The normalized spacial score (nSPS) is 20.1. The van der Waals surface area contributed by atoms with Gasteiger partial charge in [-0.2, -0.15) is 10.2 Å². The van der Waals surface area contributed by atoms with E-state index in [2.05, 4.69) is 27.8 Å². The van der Waals surface area contributed by atoms with Gasteiger partial charge in [-0.1, -0.05) is 13.3 Å². The Hall–Kier alpha value is -2.87.